The summed E-state index contributed by atoms with van der Waals surface area (Å²) in [4.78, 5) is 37.9. The molecule has 2 aromatic rings. The Morgan fingerprint density at radius 2 is 1.93 bits per heavy atom. The van der Waals surface area contributed by atoms with Crippen molar-refractivity contribution in [1.29, 1.82) is 0 Å². The number of nitrogens with zero attached hydrogens (tertiary/aromatic N) is 2. The van der Waals surface area contributed by atoms with Gasteiger partial charge in [-0.1, -0.05) is 24.3 Å². The van der Waals surface area contributed by atoms with Crippen LogP contribution >= 0.6 is 0 Å². The molecule has 2 aliphatic rings. The van der Waals surface area contributed by atoms with Gasteiger partial charge in [0.1, 0.15) is 11.4 Å². The second-order valence-electron chi connectivity index (χ2n) is 7.25. The van der Waals surface area contributed by atoms with Gasteiger partial charge in [0.25, 0.3) is 10.0 Å². The third kappa shape index (κ3) is 3.28. The highest BCUT2D eigenvalue weighted by Gasteiger charge is 2.40. The molecule has 2 heterocycles. The van der Waals surface area contributed by atoms with E-state index in [2.05, 4.69) is 10.6 Å². The fourth-order valence-corrected chi connectivity index (χ4v) is 5.19. The number of carbonyl (C=O) groups is 3. The van der Waals surface area contributed by atoms with Crippen LogP contribution in [0.25, 0.3) is 0 Å². The number of hydrogen-bond donors (Lipinski definition) is 2. The number of carbonyl (C=O) groups excluding carboxylic acids is 3. The van der Waals surface area contributed by atoms with Crippen molar-refractivity contribution in [3.05, 3.63) is 53.6 Å². The van der Waals surface area contributed by atoms with Gasteiger partial charge in [-0.15, -0.1) is 0 Å². The first-order valence-electron chi connectivity index (χ1n) is 9.30. The van der Waals surface area contributed by atoms with E-state index in [1.165, 1.54) is 24.1 Å². The number of urea groups is 1. The van der Waals surface area contributed by atoms with Crippen LogP contribution in [0.4, 0.5) is 16.2 Å². The van der Waals surface area contributed by atoms with Gasteiger partial charge in [-0.05, 0) is 36.2 Å². The molecule has 0 fully saturated rings. The summed E-state index contributed by atoms with van der Waals surface area (Å²) < 4.78 is 26.3. The lowest BCUT2D eigenvalue weighted by Gasteiger charge is -2.33. The molecular formula is C20H20N4O5S. The summed E-state index contributed by atoms with van der Waals surface area (Å²) in [5.74, 6) is -0.695. The monoisotopic (exact) mass is 428 g/mol. The average molecular weight is 428 g/mol. The highest BCUT2D eigenvalue weighted by Crippen LogP contribution is 2.33. The molecule has 4 amide bonds. The van der Waals surface area contributed by atoms with Crippen LogP contribution < -0.4 is 15.5 Å². The normalized spacial score (nSPS) is 17.8. The zero-order valence-electron chi connectivity index (χ0n) is 16.4. The van der Waals surface area contributed by atoms with Gasteiger partial charge in [-0.2, -0.15) is 0 Å². The lowest BCUT2D eigenvalue weighted by atomic mass is 10.0. The van der Waals surface area contributed by atoms with E-state index < -0.39 is 34.5 Å². The Bertz CT molecular complexity index is 1180. The van der Waals surface area contributed by atoms with E-state index in [1.807, 2.05) is 6.07 Å². The Morgan fingerprint density at radius 1 is 1.20 bits per heavy atom. The zero-order valence-corrected chi connectivity index (χ0v) is 17.2. The summed E-state index contributed by atoms with van der Waals surface area (Å²) in [5.41, 5.74) is 2.63. The predicted molar refractivity (Wildman–Crippen MR) is 109 cm³/mol. The summed E-state index contributed by atoms with van der Waals surface area (Å²) in [6.07, 6.45) is 0.274. The second kappa shape index (κ2) is 7.13. The maximum absolute atomic E-state index is 12.9. The summed E-state index contributed by atoms with van der Waals surface area (Å²) in [5, 5.41) is 5.46. The largest absolute Gasteiger partial charge is 0.348 e. The molecular weight excluding hydrogens is 408 g/mol. The average Bonchev–Trinajstić information content (AvgIpc) is 3.09. The van der Waals surface area contributed by atoms with Gasteiger partial charge in [0.15, 0.2) is 0 Å². The van der Waals surface area contributed by atoms with Crippen molar-refractivity contribution in [3.8, 4) is 0 Å². The summed E-state index contributed by atoms with van der Waals surface area (Å²) in [6, 6.07) is 10.3. The van der Waals surface area contributed by atoms with Gasteiger partial charge in [-0.25, -0.2) is 17.5 Å². The SMILES string of the molecule is CC(NC(=O)CN1C(=O)N(C)c2ccccc2S1(=O)=O)c1ccc2c(c1)CC(=O)N2. The number of anilines is 2. The minimum Gasteiger partial charge on any atom is -0.348 e. The van der Waals surface area contributed by atoms with E-state index in [4.69, 9.17) is 0 Å². The van der Waals surface area contributed by atoms with E-state index in [0.717, 1.165) is 16.8 Å². The second-order valence-corrected chi connectivity index (χ2v) is 9.08. The van der Waals surface area contributed by atoms with Crippen LogP contribution in [0.5, 0.6) is 0 Å². The molecule has 0 bridgehead atoms. The van der Waals surface area contributed by atoms with Crippen molar-refractivity contribution in [2.24, 2.45) is 0 Å². The Hall–Kier alpha value is -3.40. The molecule has 0 radical (unpaired) electrons. The molecule has 4 rings (SSSR count). The zero-order chi connectivity index (χ0) is 21.6. The van der Waals surface area contributed by atoms with Crippen molar-refractivity contribution in [1.82, 2.24) is 9.62 Å². The van der Waals surface area contributed by atoms with E-state index in [0.29, 0.717) is 4.31 Å². The van der Waals surface area contributed by atoms with Crippen molar-refractivity contribution < 1.29 is 22.8 Å². The number of amides is 4. The third-order valence-electron chi connectivity index (χ3n) is 5.21. The van der Waals surface area contributed by atoms with Crippen LogP contribution in [0.1, 0.15) is 24.1 Å². The maximum Gasteiger partial charge on any atom is 0.338 e. The molecule has 1 atom stereocenters. The van der Waals surface area contributed by atoms with Crippen molar-refractivity contribution in [2.75, 3.05) is 23.8 Å². The molecule has 0 aromatic heterocycles. The van der Waals surface area contributed by atoms with Gasteiger partial charge in [0.2, 0.25) is 11.8 Å². The van der Waals surface area contributed by atoms with Gasteiger partial charge in [0.05, 0.1) is 18.2 Å². The van der Waals surface area contributed by atoms with E-state index in [-0.39, 0.29) is 22.9 Å². The minimum atomic E-state index is -4.14. The predicted octanol–water partition coefficient (Wildman–Crippen LogP) is 1.62. The fourth-order valence-electron chi connectivity index (χ4n) is 3.62. The molecule has 10 heteroatoms. The Balaban J connectivity index is 1.51. The molecule has 2 aliphatic heterocycles. The number of hydrogen-bond acceptors (Lipinski definition) is 5. The first-order chi connectivity index (χ1) is 14.2. The molecule has 2 N–H and O–H groups in total. The minimum absolute atomic E-state index is 0.0243. The van der Waals surface area contributed by atoms with Crippen LogP contribution in [-0.4, -0.2) is 44.2 Å². The van der Waals surface area contributed by atoms with Crippen molar-refractivity contribution >= 4 is 39.2 Å². The van der Waals surface area contributed by atoms with Crippen molar-refractivity contribution in [3.63, 3.8) is 0 Å². The molecule has 156 valence electrons. The van der Waals surface area contributed by atoms with Crippen LogP contribution in [0.3, 0.4) is 0 Å². The molecule has 0 aliphatic carbocycles. The highest BCUT2D eigenvalue weighted by atomic mass is 32.2. The number of nitrogens with one attached hydrogen (secondary N) is 2. The van der Waals surface area contributed by atoms with Gasteiger partial charge < -0.3 is 10.6 Å². The summed E-state index contributed by atoms with van der Waals surface area (Å²) in [7, 11) is -2.68. The van der Waals surface area contributed by atoms with Gasteiger partial charge in [0, 0.05) is 12.7 Å². The van der Waals surface area contributed by atoms with Crippen LogP contribution in [0, 0.1) is 0 Å². The standard InChI is InChI=1S/C20H20N4O5S/c1-12(13-7-8-15-14(9-13)10-18(25)22-15)21-19(26)11-24-20(27)23(2)16-5-3-4-6-17(16)30(24,28)29/h3-9,12H,10-11H2,1-2H3,(H,21,26)(H,22,25). The summed E-state index contributed by atoms with van der Waals surface area (Å²) >= 11 is 0. The van der Waals surface area contributed by atoms with Gasteiger partial charge >= 0.3 is 6.03 Å². The Morgan fingerprint density at radius 3 is 2.70 bits per heavy atom. The molecule has 0 spiro atoms. The Labute approximate surface area is 173 Å². The van der Waals surface area contributed by atoms with E-state index in [1.54, 1.807) is 31.2 Å². The lowest BCUT2D eigenvalue weighted by molar-refractivity contribution is -0.121. The van der Waals surface area contributed by atoms with Crippen LogP contribution in [0.15, 0.2) is 47.4 Å². The van der Waals surface area contributed by atoms with E-state index >= 15 is 0 Å². The molecule has 2 aromatic carbocycles. The molecule has 1 unspecified atom stereocenters. The first kappa shape index (κ1) is 19.9. The van der Waals surface area contributed by atoms with E-state index in [9.17, 15) is 22.8 Å². The van der Waals surface area contributed by atoms with Crippen LogP contribution in [-0.2, 0) is 26.0 Å². The number of para-hydroxylation sites is 1. The lowest BCUT2D eigenvalue weighted by Crippen LogP contribution is -2.52. The maximum atomic E-state index is 12.9. The first-order valence-corrected chi connectivity index (χ1v) is 10.7. The number of fused-ring (bicyclic) bond motifs is 2. The number of benzene rings is 2. The smallest absolute Gasteiger partial charge is 0.338 e. The fraction of sp³-hybridized carbons (Fsp3) is 0.250. The molecule has 0 saturated heterocycles. The third-order valence-corrected chi connectivity index (χ3v) is 6.98. The van der Waals surface area contributed by atoms with Crippen LogP contribution in [0.2, 0.25) is 0 Å². The highest BCUT2D eigenvalue weighted by molar-refractivity contribution is 7.90. The topological polar surface area (TPSA) is 116 Å². The van der Waals surface area contributed by atoms with Crippen molar-refractivity contribution in [2.45, 2.75) is 24.3 Å². The molecule has 30 heavy (non-hydrogen) atoms. The van der Waals surface area contributed by atoms with Gasteiger partial charge in [-0.3, -0.25) is 14.5 Å². The number of sulfonamides is 1. The quantitative estimate of drug-likeness (QED) is 0.768. The molecule has 0 saturated carbocycles. The number of rotatable bonds is 4. The summed E-state index contributed by atoms with van der Waals surface area (Å²) in [6.45, 7) is 1.12. The Kier molecular flexibility index (Phi) is 4.73. The molecule has 9 nitrogen and oxygen atoms in total.